The molecule has 0 aliphatic carbocycles. The Morgan fingerprint density at radius 1 is 1.21 bits per heavy atom. The number of nitrogens with one attached hydrogen (secondary N) is 2. The lowest BCUT2D eigenvalue weighted by Crippen LogP contribution is -2.43. The smallest absolute Gasteiger partial charge is 0.309 e. The van der Waals surface area contributed by atoms with E-state index in [0.29, 0.717) is 13.0 Å². The van der Waals surface area contributed by atoms with Gasteiger partial charge in [0.1, 0.15) is 5.75 Å². The van der Waals surface area contributed by atoms with Crippen molar-refractivity contribution in [2.24, 2.45) is 0 Å². The topological polar surface area (TPSA) is 78.4 Å². The Labute approximate surface area is 113 Å². The SMILES string of the molecule is CCC(C)NC(=O)C(=O)NCCc1ccc(O)cc1. The fourth-order valence-corrected chi connectivity index (χ4v) is 1.45. The predicted octanol–water partition coefficient (Wildman–Crippen LogP) is 0.966. The van der Waals surface area contributed by atoms with Crippen LogP contribution in [0.3, 0.4) is 0 Å². The van der Waals surface area contributed by atoms with Gasteiger partial charge in [0.15, 0.2) is 0 Å². The van der Waals surface area contributed by atoms with Gasteiger partial charge in [0.2, 0.25) is 0 Å². The van der Waals surface area contributed by atoms with E-state index in [-0.39, 0.29) is 11.8 Å². The van der Waals surface area contributed by atoms with E-state index in [1.807, 2.05) is 13.8 Å². The van der Waals surface area contributed by atoms with Gasteiger partial charge in [-0.1, -0.05) is 19.1 Å². The average molecular weight is 264 g/mol. The highest BCUT2D eigenvalue weighted by atomic mass is 16.3. The molecule has 0 heterocycles. The molecule has 0 radical (unpaired) electrons. The number of hydrogen-bond donors (Lipinski definition) is 3. The third-order valence-corrected chi connectivity index (χ3v) is 2.83. The van der Waals surface area contributed by atoms with Gasteiger partial charge in [0, 0.05) is 12.6 Å². The molecule has 5 nitrogen and oxygen atoms in total. The van der Waals surface area contributed by atoms with Crippen LogP contribution in [0.25, 0.3) is 0 Å². The zero-order chi connectivity index (χ0) is 14.3. The van der Waals surface area contributed by atoms with Crippen LogP contribution in [0.1, 0.15) is 25.8 Å². The Bertz CT molecular complexity index is 429. The molecule has 0 aromatic heterocycles. The summed E-state index contributed by atoms with van der Waals surface area (Å²) in [6.45, 7) is 4.17. The molecule has 3 N–H and O–H groups in total. The first kappa shape index (κ1) is 15.0. The summed E-state index contributed by atoms with van der Waals surface area (Å²) in [7, 11) is 0. The summed E-state index contributed by atoms with van der Waals surface area (Å²) in [5.41, 5.74) is 0.987. The highest BCUT2D eigenvalue weighted by molar-refractivity contribution is 6.35. The third kappa shape index (κ3) is 5.42. The van der Waals surface area contributed by atoms with Crippen LogP contribution in [0.2, 0.25) is 0 Å². The Morgan fingerprint density at radius 3 is 2.42 bits per heavy atom. The van der Waals surface area contributed by atoms with Crippen molar-refractivity contribution in [3.8, 4) is 5.75 Å². The van der Waals surface area contributed by atoms with E-state index < -0.39 is 11.8 Å². The van der Waals surface area contributed by atoms with Gasteiger partial charge in [0.25, 0.3) is 0 Å². The van der Waals surface area contributed by atoms with Gasteiger partial charge in [-0.3, -0.25) is 9.59 Å². The van der Waals surface area contributed by atoms with E-state index in [2.05, 4.69) is 10.6 Å². The van der Waals surface area contributed by atoms with Crippen LogP contribution in [-0.2, 0) is 16.0 Å². The molecule has 0 saturated carbocycles. The number of hydrogen-bond acceptors (Lipinski definition) is 3. The molecule has 104 valence electrons. The number of aromatic hydroxyl groups is 1. The molecular formula is C14H20N2O3. The van der Waals surface area contributed by atoms with Crippen LogP contribution >= 0.6 is 0 Å². The second kappa shape index (κ2) is 7.41. The summed E-state index contributed by atoms with van der Waals surface area (Å²) >= 11 is 0. The maximum absolute atomic E-state index is 11.5. The zero-order valence-electron chi connectivity index (χ0n) is 11.3. The van der Waals surface area contributed by atoms with E-state index in [9.17, 15) is 9.59 Å². The van der Waals surface area contributed by atoms with Gasteiger partial charge < -0.3 is 15.7 Å². The Kier molecular flexibility index (Phi) is 5.85. The number of phenols is 1. The standard InChI is InChI=1S/C14H20N2O3/c1-3-10(2)16-14(19)13(18)15-9-8-11-4-6-12(17)7-5-11/h4-7,10,17H,3,8-9H2,1-2H3,(H,15,18)(H,16,19). The molecule has 19 heavy (non-hydrogen) atoms. The van der Waals surface area contributed by atoms with Gasteiger partial charge in [-0.25, -0.2) is 0 Å². The largest absolute Gasteiger partial charge is 0.508 e. The molecule has 0 spiro atoms. The van der Waals surface area contributed by atoms with Crippen LogP contribution < -0.4 is 10.6 Å². The van der Waals surface area contributed by atoms with Crippen LogP contribution in [0.4, 0.5) is 0 Å². The van der Waals surface area contributed by atoms with Crippen molar-refractivity contribution in [1.29, 1.82) is 0 Å². The molecular weight excluding hydrogens is 244 g/mol. The monoisotopic (exact) mass is 264 g/mol. The number of carbonyl (C=O) groups is 2. The molecule has 1 aromatic rings. The molecule has 1 unspecified atom stereocenters. The fraction of sp³-hybridized carbons (Fsp3) is 0.429. The maximum Gasteiger partial charge on any atom is 0.309 e. The first-order valence-electron chi connectivity index (χ1n) is 6.39. The molecule has 0 aliphatic heterocycles. The first-order valence-corrected chi connectivity index (χ1v) is 6.39. The second-order valence-electron chi connectivity index (χ2n) is 4.46. The zero-order valence-corrected chi connectivity index (χ0v) is 11.3. The molecule has 0 bridgehead atoms. The van der Waals surface area contributed by atoms with Gasteiger partial charge in [-0.2, -0.15) is 0 Å². The Morgan fingerprint density at radius 2 is 1.84 bits per heavy atom. The summed E-state index contributed by atoms with van der Waals surface area (Å²) in [5, 5.41) is 14.3. The number of benzene rings is 1. The summed E-state index contributed by atoms with van der Waals surface area (Å²) in [6, 6.07) is 6.73. The van der Waals surface area contributed by atoms with E-state index in [0.717, 1.165) is 12.0 Å². The fourth-order valence-electron chi connectivity index (χ4n) is 1.45. The number of amides is 2. The van der Waals surface area contributed by atoms with Gasteiger partial charge in [-0.15, -0.1) is 0 Å². The molecule has 0 aliphatic rings. The average Bonchev–Trinajstić information content (AvgIpc) is 2.40. The van der Waals surface area contributed by atoms with Crippen molar-refractivity contribution in [2.75, 3.05) is 6.54 Å². The minimum atomic E-state index is -0.612. The minimum absolute atomic E-state index is 0.00431. The third-order valence-electron chi connectivity index (χ3n) is 2.83. The Hall–Kier alpha value is -2.04. The molecule has 0 fully saturated rings. The number of phenolic OH excluding ortho intramolecular Hbond substituents is 1. The van der Waals surface area contributed by atoms with Crippen molar-refractivity contribution >= 4 is 11.8 Å². The van der Waals surface area contributed by atoms with Crippen LogP contribution in [0.5, 0.6) is 5.75 Å². The summed E-state index contributed by atoms with van der Waals surface area (Å²) in [6.07, 6.45) is 1.40. The Balaban J connectivity index is 2.30. The lowest BCUT2D eigenvalue weighted by Gasteiger charge is -2.11. The summed E-state index contributed by atoms with van der Waals surface area (Å²) < 4.78 is 0. The summed E-state index contributed by atoms with van der Waals surface area (Å²) in [5.74, 6) is -1.00. The number of rotatable bonds is 5. The molecule has 5 heteroatoms. The van der Waals surface area contributed by atoms with Gasteiger partial charge >= 0.3 is 11.8 Å². The minimum Gasteiger partial charge on any atom is -0.508 e. The van der Waals surface area contributed by atoms with Crippen LogP contribution in [0.15, 0.2) is 24.3 Å². The van der Waals surface area contributed by atoms with E-state index in [1.54, 1.807) is 24.3 Å². The van der Waals surface area contributed by atoms with Crippen molar-refractivity contribution in [3.05, 3.63) is 29.8 Å². The summed E-state index contributed by atoms with van der Waals surface area (Å²) in [4.78, 5) is 22.9. The molecule has 1 atom stereocenters. The molecule has 2 amide bonds. The van der Waals surface area contributed by atoms with Crippen LogP contribution in [-0.4, -0.2) is 29.5 Å². The van der Waals surface area contributed by atoms with Crippen LogP contribution in [0, 0.1) is 0 Å². The van der Waals surface area contributed by atoms with E-state index in [1.165, 1.54) is 0 Å². The maximum atomic E-state index is 11.5. The van der Waals surface area contributed by atoms with Crippen molar-refractivity contribution < 1.29 is 14.7 Å². The normalized spacial score (nSPS) is 11.7. The van der Waals surface area contributed by atoms with E-state index >= 15 is 0 Å². The molecule has 1 rings (SSSR count). The van der Waals surface area contributed by atoms with Gasteiger partial charge in [-0.05, 0) is 37.5 Å². The molecule has 1 aromatic carbocycles. The number of carbonyl (C=O) groups excluding carboxylic acids is 2. The highest BCUT2D eigenvalue weighted by Crippen LogP contribution is 2.09. The van der Waals surface area contributed by atoms with Gasteiger partial charge in [0.05, 0.1) is 0 Å². The lowest BCUT2D eigenvalue weighted by molar-refractivity contribution is -0.139. The van der Waals surface area contributed by atoms with Crippen molar-refractivity contribution in [3.63, 3.8) is 0 Å². The van der Waals surface area contributed by atoms with Crippen molar-refractivity contribution in [2.45, 2.75) is 32.7 Å². The van der Waals surface area contributed by atoms with E-state index in [4.69, 9.17) is 5.11 Å². The molecule has 0 saturated heterocycles. The second-order valence-corrected chi connectivity index (χ2v) is 4.46. The highest BCUT2D eigenvalue weighted by Gasteiger charge is 2.14. The first-order chi connectivity index (χ1) is 9.02. The quantitative estimate of drug-likeness (QED) is 0.693. The predicted molar refractivity (Wildman–Crippen MR) is 72.7 cm³/mol. The van der Waals surface area contributed by atoms with Crippen molar-refractivity contribution in [1.82, 2.24) is 10.6 Å². The lowest BCUT2D eigenvalue weighted by atomic mass is 10.1.